The van der Waals surface area contributed by atoms with E-state index in [0.717, 1.165) is 38.2 Å². The molecule has 0 aliphatic heterocycles. The average Bonchev–Trinajstić information content (AvgIpc) is 3.27. The maximum Gasteiger partial charge on any atom is 0.262 e. The van der Waals surface area contributed by atoms with Crippen LogP contribution in [0.25, 0.3) is 21.9 Å². The van der Waals surface area contributed by atoms with Gasteiger partial charge in [0.2, 0.25) is 0 Å². The fourth-order valence-electron chi connectivity index (χ4n) is 3.89. The Morgan fingerprint density at radius 3 is 2.51 bits per heavy atom. The van der Waals surface area contributed by atoms with Crippen LogP contribution in [0.2, 0.25) is 0 Å². The molecule has 0 bridgehead atoms. The Kier molecular flexibility index (Phi) is 7.14. The first kappa shape index (κ1) is 24.0. The summed E-state index contributed by atoms with van der Waals surface area (Å²) in [7, 11) is 1.54. The van der Waals surface area contributed by atoms with Crippen molar-refractivity contribution in [2.45, 2.75) is 20.8 Å². The van der Waals surface area contributed by atoms with Crippen LogP contribution in [0.3, 0.4) is 0 Å². The molecule has 1 aromatic heterocycles. The van der Waals surface area contributed by atoms with Crippen molar-refractivity contribution in [2.24, 2.45) is 0 Å². The quantitative estimate of drug-likeness (QED) is 0.311. The highest BCUT2D eigenvalue weighted by atomic mass is 32.1. The van der Waals surface area contributed by atoms with E-state index in [4.69, 9.17) is 9.47 Å². The third kappa shape index (κ3) is 5.51. The molecule has 0 unspecified atom stereocenters. The van der Waals surface area contributed by atoms with Crippen molar-refractivity contribution >= 4 is 44.8 Å². The number of allylic oxidation sites excluding steroid dienone is 1. The maximum absolute atomic E-state index is 12.5. The lowest BCUT2D eigenvalue weighted by Crippen LogP contribution is -2.21. The third-order valence-corrected chi connectivity index (χ3v) is 6.51. The summed E-state index contributed by atoms with van der Waals surface area (Å²) in [6, 6.07) is 19.4. The largest absolute Gasteiger partial charge is 0.493 e. The Labute approximate surface area is 208 Å². The highest BCUT2D eigenvalue weighted by Crippen LogP contribution is 2.32. The van der Waals surface area contributed by atoms with Crippen LogP contribution in [0.5, 0.6) is 11.5 Å². The van der Waals surface area contributed by atoms with Crippen LogP contribution in [-0.4, -0.2) is 24.6 Å². The molecule has 1 heterocycles. The molecule has 0 saturated heterocycles. The molecule has 1 amide bonds. The first-order chi connectivity index (χ1) is 16.9. The summed E-state index contributed by atoms with van der Waals surface area (Å²) in [5, 5.41) is 13.3. The average molecular weight is 484 g/mol. The molecule has 0 saturated carbocycles. The lowest BCUT2D eigenvalue weighted by Gasteiger charge is -2.14. The molecule has 0 spiro atoms. The van der Waals surface area contributed by atoms with Crippen molar-refractivity contribution in [3.8, 4) is 17.6 Å². The van der Waals surface area contributed by atoms with Crippen molar-refractivity contribution < 1.29 is 14.3 Å². The number of nitrogens with zero attached hydrogens (tertiary/aromatic N) is 2. The zero-order valence-electron chi connectivity index (χ0n) is 20.0. The lowest BCUT2D eigenvalue weighted by atomic mass is 10.1. The van der Waals surface area contributed by atoms with E-state index in [1.54, 1.807) is 18.2 Å². The molecule has 4 aromatic rings. The number of hydrogen-bond donors (Lipinski definition) is 1. The van der Waals surface area contributed by atoms with Gasteiger partial charge in [-0.3, -0.25) is 4.79 Å². The van der Waals surface area contributed by atoms with Crippen molar-refractivity contribution in [2.75, 3.05) is 19.0 Å². The minimum Gasteiger partial charge on any atom is -0.493 e. The second kappa shape index (κ2) is 10.4. The molecule has 7 heteroatoms. The molecule has 0 aliphatic carbocycles. The number of para-hydroxylation sites is 1. The molecular formula is C28H25N3O3S. The Balaban J connectivity index is 1.49. The van der Waals surface area contributed by atoms with Gasteiger partial charge >= 0.3 is 0 Å². The number of methoxy groups -OCH3 is 1. The van der Waals surface area contributed by atoms with Gasteiger partial charge in [0.05, 0.1) is 22.9 Å². The first-order valence-electron chi connectivity index (χ1n) is 11.0. The van der Waals surface area contributed by atoms with Crippen molar-refractivity contribution in [3.63, 3.8) is 0 Å². The second-order valence-electron chi connectivity index (χ2n) is 8.18. The number of carbonyl (C=O) groups excluding carboxylic acids is 1. The van der Waals surface area contributed by atoms with Crippen LogP contribution in [0.4, 0.5) is 5.69 Å². The molecule has 0 fully saturated rings. The van der Waals surface area contributed by atoms with Crippen LogP contribution in [0.15, 0.2) is 54.6 Å². The number of rotatable bonds is 7. The third-order valence-electron chi connectivity index (χ3n) is 5.44. The minimum absolute atomic E-state index is 0.159. The van der Waals surface area contributed by atoms with Gasteiger partial charge in [-0.1, -0.05) is 35.9 Å². The van der Waals surface area contributed by atoms with E-state index in [1.807, 2.05) is 63.2 Å². The van der Waals surface area contributed by atoms with Crippen LogP contribution >= 0.6 is 11.3 Å². The van der Waals surface area contributed by atoms with Crippen molar-refractivity contribution in [1.82, 2.24) is 4.98 Å². The summed E-state index contributed by atoms with van der Waals surface area (Å²) in [6.07, 6.45) is 1.76. The molecule has 1 N–H and O–H groups in total. The van der Waals surface area contributed by atoms with Crippen LogP contribution in [0.1, 0.15) is 27.3 Å². The molecular weight excluding hydrogens is 458 g/mol. The standard InChI is InChI=1S/C28H25N3O3S/c1-17-11-18(2)27(19(3)12-17)31-26(32)16-34-23-10-9-20(14-24(23)33-4)13-21(15-29)28-30-22-7-5-6-8-25(22)35-28/h5-14H,16H2,1-4H3,(H,31,32)/b21-13+. The van der Waals surface area contributed by atoms with Gasteiger partial charge in [-0.05, 0) is 67.8 Å². The van der Waals surface area contributed by atoms with E-state index in [0.29, 0.717) is 22.1 Å². The van der Waals surface area contributed by atoms with E-state index in [1.165, 1.54) is 18.4 Å². The fourth-order valence-corrected chi connectivity index (χ4v) is 4.82. The van der Waals surface area contributed by atoms with Gasteiger partial charge in [-0.2, -0.15) is 5.26 Å². The van der Waals surface area contributed by atoms with Crippen molar-refractivity contribution in [3.05, 3.63) is 81.9 Å². The molecule has 4 rings (SSSR count). The monoisotopic (exact) mass is 483 g/mol. The summed E-state index contributed by atoms with van der Waals surface area (Å²) in [6.45, 7) is 5.80. The molecule has 0 aliphatic rings. The van der Waals surface area contributed by atoms with Crippen LogP contribution in [-0.2, 0) is 4.79 Å². The molecule has 0 atom stereocenters. The van der Waals surface area contributed by atoms with Gasteiger partial charge in [-0.25, -0.2) is 4.98 Å². The number of benzene rings is 3. The number of nitrogens with one attached hydrogen (secondary N) is 1. The SMILES string of the molecule is COc1cc(/C=C(\C#N)c2nc3ccccc3s2)ccc1OCC(=O)Nc1c(C)cc(C)cc1C. The number of fused-ring (bicyclic) bond motifs is 1. The molecule has 6 nitrogen and oxygen atoms in total. The van der Waals surface area contributed by atoms with Gasteiger partial charge < -0.3 is 14.8 Å². The normalized spacial score (nSPS) is 11.2. The summed E-state index contributed by atoms with van der Waals surface area (Å²) in [5.41, 5.74) is 6.05. The van der Waals surface area contributed by atoms with Gasteiger partial charge in [0.25, 0.3) is 5.91 Å². The van der Waals surface area contributed by atoms with Gasteiger partial charge in [0, 0.05) is 5.69 Å². The van der Waals surface area contributed by atoms with E-state index >= 15 is 0 Å². The molecule has 176 valence electrons. The van der Waals surface area contributed by atoms with Crippen molar-refractivity contribution in [1.29, 1.82) is 5.26 Å². The smallest absolute Gasteiger partial charge is 0.262 e. The Bertz CT molecular complexity index is 1420. The number of carbonyl (C=O) groups is 1. The second-order valence-corrected chi connectivity index (χ2v) is 9.21. The number of aryl methyl sites for hydroxylation is 3. The summed E-state index contributed by atoms with van der Waals surface area (Å²) < 4.78 is 12.2. The number of thiazole rings is 1. The minimum atomic E-state index is -0.256. The Hall–Kier alpha value is -4.15. The number of ether oxygens (including phenoxy) is 2. The number of nitriles is 1. The summed E-state index contributed by atoms with van der Waals surface area (Å²) >= 11 is 1.47. The predicted octanol–water partition coefficient (Wildman–Crippen LogP) is 6.31. The molecule has 0 radical (unpaired) electrons. The summed E-state index contributed by atoms with van der Waals surface area (Å²) in [5.74, 6) is 0.653. The van der Waals surface area contributed by atoms with Gasteiger partial charge in [-0.15, -0.1) is 11.3 Å². The van der Waals surface area contributed by atoms with Crippen LogP contribution < -0.4 is 14.8 Å². The molecule has 3 aromatic carbocycles. The van der Waals surface area contributed by atoms with E-state index in [-0.39, 0.29) is 12.5 Å². The van der Waals surface area contributed by atoms with E-state index in [2.05, 4.69) is 16.4 Å². The zero-order valence-corrected chi connectivity index (χ0v) is 20.8. The highest BCUT2D eigenvalue weighted by molar-refractivity contribution is 7.19. The topological polar surface area (TPSA) is 84.2 Å². The van der Waals surface area contributed by atoms with E-state index in [9.17, 15) is 10.1 Å². The van der Waals surface area contributed by atoms with E-state index < -0.39 is 0 Å². The fraction of sp³-hybridized carbons (Fsp3) is 0.179. The Morgan fingerprint density at radius 1 is 1.09 bits per heavy atom. The summed E-state index contributed by atoms with van der Waals surface area (Å²) in [4.78, 5) is 17.1. The maximum atomic E-state index is 12.5. The highest BCUT2D eigenvalue weighted by Gasteiger charge is 2.13. The predicted molar refractivity (Wildman–Crippen MR) is 141 cm³/mol. The van der Waals surface area contributed by atoms with Crippen LogP contribution in [0, 0.1) is 32.1 Å². The van der Waals surface area contributed by atoms with Gasteiger partial charge in [0.15, 0.2) is 18.1 Å². The molecule has 35 heavy (non-hydrogen) atoms. The lowest BCUT2D eigenvalue weighted by molar-refractivity contribution is -0.118. The number of hydrogen-bond acceptors (Lipinski definition) is 6. The number of anilines is 1. The Morgan fingerprint density at radius 2 is 1.83 bits per heavy atom. The van der Waals surface area contributed by atoms with Gasteiger partial charge in [0.1, 0.15) is 11.1 Å². The number of amides is 1. The first-order valence-corrected chi connectivity index (χ1v) is 11.9. The zero-order chi connectivity index (χ0) is 24.9. The number of aromatic nitrogens is 1.